The number of halogens is 3. The maximum Gasteiger partial charge on any atom is 0.416 e. The second kappa shape index (κ2) is 8.94. The second-order valence-corrected chi connectivity index (χ2v) is 4.97. The van der Waals surface area contributed by atoms with E-state index >= 15 is 0 Å². The molecular formula is C18H18F3NO2. The standard InChI is InChI=1S/C18H18F3NO2/c1-3-15(18(19,20)21)8-4-13(2)24-17-10-6-14(7-11-17)5-9-16(23)12-22/h3-4,6-8,10-11,16,23H,2,5,9H2,1H3/b8-4-,15-3+. The lowest BCUT2D eigenvalue weighted by molar-refractivity contribution is -0.0883. The number of hydrogen-bond acceptors (Lipinski definition) is 3. The quantitative estimate of drug-likeness (QED) is 0.454. The van der Waals surface area contributed by atoms with E-state index in [9.17, 15) is 18.3 Å². The van der Waals surface area contributed by atoms with Crippen molar-refractivity contribution in [2.45, 2.75) is 32.0 Å². The fourth-order valence-electron chi connectivity index (χ4n) is 1.81. The number of allylic oxidation sites excluding steroid dienone is 4. The van der Waals surface area contributed by atoms with Gasteiger partial charge in [0, 0.05) is 0 Å². The van der Waals surface area contributed by atoms with Crippen molar-refractivity contribution < 1.29 is 23.0 Å². The van der Waals surface area contributed by atoms with Crippen LogP contribution in [0.25, 0.3) is 0 Å². The lowest BCUT2D eigenvalue weighted by Crippen LogP contribution is -2.09. The normalized spacial score (nSPS) is 13.6. The predicted molar refractivity (Wildman–Crippen MR) is 85.1 cm³/mol. The third kappa shape index (κ3) is 6.71. The highest BCUT2D eigenvalue weighted by Gasteiger charge is 2.30. The van der Waals surface area contributed by atoms with Crippen LogP contribution in [0.1, 0.15) is 18.9 Å². The summed E-state index contributed by atoms with van der Waals surface area (Å²) >= 11 is 0. The highest BCUT2D eigenvalue weighted by Crippen LogP contribution is 2.26. The van der Waals surface area contributed by atoms with Gasteiger partial charge in [-0.15, -0.1) is 0 Å². The molecule has 1 aromatic carbocycles. The Hall–Kier alpha value is -2.52. The SMILES string of the molecule is C=C(/C=C\C(=C/C)C(F)(F)F)Oc1ccc(CCC(O)C#N)cc1. The molecule has 0 aliphatic rings. The lowest BCUT2D eigenvalue weighted by atomic mass is 10.1. The van der Waals surface area contributed by atoms with Crippen LogP contribution in [-0.2, 0) is 6.42 Å². The second-order valence-electron chi connectivity index (χ2n) is 4.97. The fraction of sp³-hybridized carbons (Fsp3) is 0.278. The Bertz CT molecular complexity index is 652. The Labute approximate surface area is 139 Å². The number of nitrogens with zero attached hydrogens (tertiary/aromatic N) is 1. The summed E-state index contributed by atoms with van der Waals surface area (Å²) in [6.45, 7) is 4.86. The highest BCUT2D eigenvalue weighted by atomic mass is 19.4. The van der Waals surface area contributed by atoms with Crippen molar-refractivity contribution in [1.29, 1.82) is 5.26 Å². The number of hydrogen-bond donors (Lipinski definition) is 1. The van der Waals surface area contributed by atoms with E-state index in [1.165, 1.54) is 6.92 Å². The summed E-state index contributed by atoms with van der Waals surface area (Å²) in [7, 11) is 0. The molecule has 0 aliphatic carbocycles. The first-order valence-corrected chi connectivity index (χ1v) is 7.21. The Kier molecular flexibility index (Phi) is 7.28. The van der Waals surface area contributed by atoms with Crippen molar-refractivity contribution >= 4 is 0 Å². The fourth-order valence-corrected chi connectivity index (χ4v) is 1.81. The van der Waals surface area contributed by atoms with Crippen LogP contribution in [0, 0.1) is 11.3 Å². The van der Waals surface area contributed by atoms with Gasteiger partial charge < -0.3 is 9.84 Å². The zero-order chi connectivity index (χ0) is 18.2. The van der Waals surface area contributed by atoms with Crippen molar-refractivity contribution in [2.24, 2.45) is 0 Å². The Morgan fingerprint density at radius 1 is 1.33 bits per heavy atom. The van der Waals surface area contributed by atoms with Gasteiger partial charge in [-0.25, -0.2) is 0 Å². The third-order valence-corrected chi connectivity index (χ3v) is 3.11. The van der Waals surface area contributed by atoms with E-state index in [-0.39, 0.29) is 5.76 Å². The first kappa shape index (κ1) is 19.5. The van der Waals surface area contributed by atoms with Gasteiger partial charge in [0.25, 0.3) is 0 Å². The first-order valence-electron chi connectivity index (χ1n) is 7.21. The molecule has 1 N–H and O–H groups in total. The van der Waals surface area contributed by atoms with Gasteiger partial charge >= 0.3 is 6.18 Å². The summed E-state index contributed by atoms with van der Waals surface area (Å²) in [6, 6.07) is 8.54. The number of aryl methyl sites for hydroxylation is 1. The molecule has 0 heterocycles. The number of ether oxygens (including phenoxy) is 1. The van der Waals surface area contributed by atoms with Gasteiger partial charge in [0.2, 0.25) is 0 Å². The van der Waals surface area contributed by atoms with Crippen LogP contribution in [0.4, 0.5) is 13.2 Å². The Morgan fingerprint density at radius 3 is 2.46 bits per heavy atom. The van der Waals surface area contributed by atoms with Crippen molar-refractivity contribution in [3.8, 4) is 11.8 Å². The van der Waals surface area contributed by atoms with Crippen molar-refractivity contribution in [3.05, 3.63) is 66.0 Å². The van der Waals surface area contributed by atoms with Gasteiger partial charge in [-0.2, -0.15) is 18.4 Å². The Balaban J connectivity index is 2.61. The molecule has 128 valence electrons. The zero-order valence-corrected chi connectivity index (χ0v) is 13.2. The molecule has 1 unspecified atom stereocenters. The van der Waals surface area contributed by atoms with E-state index in [4.69, 9.17) is 10.00 Å². The van der Waals surface area contributed by atoms with Gasteiger partial charge in [-0.1, -0.05) is 24.8 Å². The molecule has 0 radical (unpaired) electrons. The van der Waals surface area contributed by atoms with Crippen LogP contribution < -0.4 is 4.74 Å². The smallest absolute Gasteiger partial charge is 0.416 e. The van der Waals surface area contributed by atoms with Crippen molar-refractivity contribution in [2.75, 3.05) is 0 Å². The van der Waals surface area contributed by atoms with Crippen molar-refractivity contribution in [3.63, 3.8) is 0 Å². The monoisotopic (exact) mass is 337 g/mol. The van der Waals surface area contributed by atoms with Gasteiger partial charge in [0.1, 0.15) is 17.6 Å². The molecule has 0 bridgehead atoms. The van der Waals surface area contributed by atoms with Gasteiger partial charge in [-0.05, 0) is 49.6 Å². The summed E-state index contributed by atoms with van der Waals surface area (Å²) in [6.07, 6.45) is -1.53. The molecule has 1 aromatic rings. The van der Waals surface area contributed by atoms with Crippen LogP contribution in [-0.4, -0.2) is 17.4 Å². The largest absolute Gasteiger partial charge is 0.458 e. The van der Waals surface area contributed by atoms with Crippen LogP contribution in [0.2, 0.25) is 0 Å². The number of aliphatic hydroxyl groups excluding tert-OH is 1. The number of aliphatic hydroxyl groups is 1. The average molecular weight is 337 g/mol. The van der Waals surface area contributed by atoms with E-state index < -0.39 is 17.9 Å². The lowest BCUT2D eigenvalue weighted by Gasteiger charge is -2.09. The van der Waals surface area contributed by atoms with Crippen LogP contribution >= 0.6 is 0 Å². The van der Waals surface area contributed by atoms with E-state index in [0.717, 1.165) is 23.8 Å². The van der Waals surface area contributed by atoms with Gasteiger partial charge in [0.05, 0.1) is 11.6 Å². The molecule has 0 fully saturated rings. The predicted octanol–water partition coefficient (Wildman–Crippen LogP) is 4.46. The molecule has 0 aromatic heterocycles. The van der Waals surface area contributed by atoms with Crippen LogP contribution in [0.3, 0.4) is 0 Å². The number of alkyl halides is 3. The molecule has 0 spiro atoms. The summed E-state index contributed by atoms with van der Waals surface area (Å²) in [4.78, 5) is 0. The molecule has 1 atom stereocenters. The zero-order valence-electron chi connectivity index (χ0n) is 13.2. The summed E-state index contributed by atoms with van der Waals surface area (Å²) in [5, 5.41) is 17.7. The molecule has 0 saturated heterocycles. The maximum atomic E-state index is 12.6. The van der Waals surface area contributed by atoms with E-state index in [1.54, 1.807) is 30.3 Å². The average Bonchev–Trinajstić information content (AvgIpc) is 2.53. The summed E-state index contributed by atoms with van der Waals surface area (Å²) in [5.74, 6) is 0.509. The van der Waals surface area contributed by atoms with E-state index in [0.29, 0.717) is 18.6 Å². The van der Waals surface area contributed by atoms with Crippen LogP contribution in [0.5, 0.6) is 5.75 Å². The van der Waals surface area contributed by atoms with Gasteiger partial charge in [-0.3, -0.25) is 0 Å². The topological polar surface area (TPSA) is 53.2 Å². The number of nitriles is 1. The summed E-state index contributed by atoms with van der Waals surface area (Å²) < 4.78 is 43.1. The van der Waals surface area contributed by atoms with E-state index in [1.807, 2.05) is 0 Å². The summed E-state index contributed by atoms with van der Waals surface area (Å²) in [5.41, 5.74) is 0.129. The molecule has 1 rings (SSSR count). The molecule has 0 saturated carbocycles. The number of benzene rings is 1. The molecular weight excluding hydrogens is 319 g/mol. The molecule has 0 aliphatic heterocycles. The van der Waals surface area contributed by atoms with Crippen molar-refractivity contribution in [1.82, 2.24) is 0 Å². The molecule has 3 nitrogen and oxygen atoms in total. The van der Waals surface area contributed by atoms with Gasteiger partial charge in [0.15, 0.2) is 0 Å². The minimum Gasteiger partial charge on any atom is -0.458 e. The Morgan fingerprint density at radius 2 is 1.96 bits per heavy atom. The minimum atomic E-state index is -4.42. The third-order valence-electron chi connectivity index (χ3n) is 3.11. The first-order chi connectivity index (χ1) is 11.3. The molecule has 6 heteroatoms. The minimum absolute atomic E-state index is 0.0752. The van der Waals surface area contributed by atoms with E-state index in [2.05, 4.69) is 6.58 Å². The van der Waals surface area contributed by atoms with Crippen LogP contribution in [0.15, 0.2) is 60.4 Å². The number of rotatable bonds is 7. The highest BCUT2D eigenvalue weighted by molar-refractivity contribution is 5.32. The molecule has 0 amide bonds. The maximum absolute atomic E-state index is 12.6. The molecule has 24 heavy (non-hydrogen) atoms.